The number of hydrogen-bond donors (Lipinski definition) is 1. The number of aliphatic hydroxyl groups excluding tert-OH is 1. The van der Waals surface area contributed by atoms with Gasteiger partial charge in [-0.1, -0.05) is 4.85 Å². The van der Waals surface area contributed by atoms with Gasteiger partial charge in [-0.2, -0.15) is 0 Å². The zero-order chi connectivity index (χ0) is 16.5. The van der Waals surface area contributed by atoms with Gasteiger partial charge < -0.3 is 24.5 Å². The smallest absolute Gasteiger partial charge is 0.373 e. The molecule has 9 nitrogen and oxygen atoms in total. The number of hydrogen-bond acceptors (Lipinski definition) is 8. The Hall–Kier alpha value is -2.84. The van der Waals surface area contributed by atoms with Crippen LogP contribution in [0.1, 0.15) is 19.4 Å². The van der Waals surface area contributed by atoms with E-state index in [1.165, 1.54) is 7.11 Å². The highest BCUT2D eigenvalue weighted by atomic mass is 16.5. The highest BCUT2D eigenvalue weighted by Gasteiger charge is 2.18. The number of carbonyl (C=O) groups is 1. The maximum atomic E-state index is 11.4. The number of aliphatic hydroxyl groups is 1. The van der Waals surface area contributed by atoms with E-state index >= 15 is 0 Å². The van der Waals surface area contributed by atoms with Crippen LogP contribution in [0.3, 0.4) is 0 Å². The largest absolute Gasteiger partial charge is 0.594 e. The van der Waals surface area contributed by atoms with Gasteiger partial charge in [0.15, 0.2) is 6.40 Å². The van der Waals surface area contributed by atoms with Crippen molar-refractivity contribution in [3.8, 4) is 5.88 Å². The summed E-state index contributed by atoms with van der Waals surface area (Å²) in [5.41, 5.74) is 0.238. The van der Waals surface area contributed by atoms with Crippen molar-refractivity contribution in [3.63, 3.8) is 0 Å². The van der Waals surface area contributed by atoms with Crippen molar-refractivity contribution in [1.29, 1.82) is 0 Å². The summed E-state index contributed by atoms with van der Waals surface area (Å²) in [6, 6.07) is 0. The van der Waals surface area contributed by atoms with Crippen molar-refractivity contribution in [1.82, 2.24) is 5.10 Å². The first-order valence-electron chi connectivity index (χ1n) is 6.43. The van der Waals surface area contributed by atoms with Crippen LogP contribution in [0.5, 0.6) is 5.88 Å². The Bertz CT molecular complexity index is 585. The van der Waals surface area contributed by atoms with Crippen molar-refractivity contribution in [2.45, 2.75) is 13.8 Å². The molecule has 22 heavy (non-hydrogen) atoms. The Morgan fingerprint density at radius 3 is 2.82 bits per heavy atom. The third-order valence-corrected chi connectivity index (χ3v) is 2.31. The van der Waals surface area contributed by atoms with E-state index in [9.17, 15) is 15.1 Å². The highest BCUT2D eigenvalue weighted by Crippen LogP contribution is 2.29. The normalized spacial score (nSPS) is 11.5. The van der Waals surface area contributed by atoms with E-state index in [-0.39, 0.29) is 28.6 Å². The molecule has 0 fully saturated rings. The molecule has 1 aromatic rings. The van der Waals surface area contributed by atoms with Gasteiger partial charge in [0.25, 0.3) is 0 Å². The molecule has 1 rings (SSSR count). The molecule has 1 N–H and O–H groups in total. The number of ether oxygens (including phenoxy) is 3. The van der Waals surface area contributed by atoms with Gasteiger partial charge in [0.05, 0.1) is 31.0 Å². The summed E-state index contributed by atoms with van der Waals surface area (Å²) in [6.07, 6.45) is 3.21. The third-order valence-electron chi connectivity index (χ3n) is 2.31. The Balaban J connectivity index is 3.29. The molecule has 0 aliphatic carbocycles. The number of carbonyl (C=O) groups excluding carboxylic acids is 1. The van der Waals surface area contributed by atoms with Crippen LogP contribution in [0, 0.1) is 5.21 Å². The predicted molar refractivity (Wildman–Crippen MR) is 76.8 cm³/mol. The summed E-state index contributed by atoms with van der Waals surface area (Å²) in [5.74, 6) is -1.69. The van der Waals surface area contributed by atoms with Gasteiger partial charge in [-0.15, -0.1) is 0 Å². The predicted octanol–water partition coefficient (Wildman–Crippen LogP) is 0.882. The molecular weight excluding hydrogens is 294 g/mol. The van der Waals surface area contributed by atoms with Gasteiger partial charge in [-0.3, -0.25) is 0 Å². The molecule has 1 heterocycles. The Labute approximate surface area is 127 Å². The molecule has 0 saturated carbocycles. The quantitative estimate of drug-likeness (QED) is 0.151. The number of aromatic nitrogens is 2. The number of rotatable bonds is 7. The molecule has 120 valence electrons. The number of methoxy groups -OCH3 is 1. The molecule has 0 bridgehead atoms. The van der Waals surface area contributed by atoms with E-state index < -0.39 is 11.7 Å². The molecule has 0 amide bonds. The summed E-state index contributed by atoms with van der Waals surface area (Å²) >= 11 is 0. The number of aliphatic imine (C=N–C) groups is 1. The molecule has 0 aliphatic heterocycles. The van der Waals surface area contributed by atoms with E-state index in [1.54, 1.807) is 13.8 Å². The van der Waals surface area contributed by atoms with E-state index in [0.29, 0.717) is 6.61 Å². The molecule has 9 heteroatoms. The molecule has 0 radical (unpaired) electrons. The average Bonchev–Trinajstić information content (AvgIpc) is 2.49. The maximum absolute atomic E-state index is 11.4. The molecule has 0 unspecified atom stereocenters. The van der Waals surface area contributed by atoms with Gasteiger partial charge in [0, 0.05) is 6.08 Å². The topological polar surface area (TPSA) is 117 Å². The lowest BCUT2D eigenvalue weighted by Crippen LogP contribution is -2.31. The van der Waals surface area contributed by atoms with Crippen LogP contribution in [-0.4, -0.2) is 42.9 Å². The summed E-state index contributed by atoms with van der Waals surface area (Å²) in [6.45, 7) is 3.87. The SMILES string of the molecule is CCOC=Nc1c(C=C(O)C(=O)OCC)c[n+]([O-])nc1OC. The second kappa shape index (κ2) is 8.45. The number of nitrogens with zero attached hydrogens (tertiary/aromatic N) is 3. The second-order valence-electron chi connectivity index (χ2n) is 3.78. The van der Waals surface area contributed by atoms with Gasteiger partial charge in [-0.25, -0.2) is 9.79 Å². The zero-order valence-corrected chi connectivity index (χ0v) is 12.5. The Morgan fingerprint density at radius 1 is 1.50 bits per heavy atom. The van der Waals surface area contributed by atoms with Crippen molar-refractivity contribution in [3.05, 3.63) is 22.7 Å². The lowest BCUT2D eigenvalue weighted by atomic mass is 10.2. The zero-order valence-electron chi connectivity index (χ0n) is 12.5. The lowest BCUT2D eigenvalue weighted by Gasteiger charge is -2.06. The van der Waals surface area contributed by atoms with Crippen LogP contribution < -0.4 is 9.58 Å². The van der Waals surface area contributed by atoms with Crippen LogP contribution in [0.2, 0.25) is 0 Å². The summed E-state index contributed by atoms with van der Waals surface area (Å²) in [5, 5.41) is 24.7. The van der Waals surface area contributed by atoms with Crippen LogP contribution in [-0.2, 0) is 14.3 Å². The van der Waals surface area contributed by atoms with Crippen LogP contribution in [0.25, 0.3) is 6.08 Å². The molecular formula is C13H17N3O6. The van der Waals surface area contributed by atoms with E-state index in [2.05, 4.69) is 14.8 Å². The average molecular weight is 311 g/mol. The maximum Gasteiger partial charge on any atom is 0.373 e. The molecule has 1 aromatic heterocycles. The Kier molecular flexibility index (Phi) is 6.61. The summed E-state index contributed by atoms with van der Waals surface area (Å²) in [4.78, 5) is 15.6. The van der Waals surface area contributed by atoms with Crippen molar-refractivity contribution in [2.24, 2.45) is 4.99 Å². The van der Waals surface area contributed by atoms with Gasteiger partial charge >= 0.3 is 11.8 Å². The minimum atomic E-state index is -0.921. The van der Waals surface area contributed by atoms with Crippen LogP contribution in [0.4, 0.5) is 5.69 Å². The van der Waals surface area contributed by atoms with Gasteiger partial charge in [0.1, 0.15) is 5.69 Å². The minimum Gasteiger partial charge on any atom is -0.594 e. The molecule has 0 saturated heterocycles. The molecule has 0 aliphatic rings. The molecule has 0 aromatic carbocycles. The summed E-state index contributed by atoms with van der Waals surface area (Å²) in [7, 11) is 1.31. The fourth-order valence-corrected chi connectivity index (χ4v) is 1.42. The van der Waals surface area contributed by atoms with Crippen molar-refractivity contribution in [2.75, 3.05) is 20.3 Å². The van der Waals surface area contributed by atoms with E-state index in [0.717, 1.165) is 18.7 Å². The second-order valence-corrected chi connectivity index (χ2v) is 3.78. The van der Waals surface area contributed by atoms with Gasteiger partial charge in [0.2, 0.25) is 12.0 Å². The third kappa shape index (κ3) is 4.62. The van der Waals surface area contributed by atoms with Crippen molar-refractivity contribution >= 4 is 24.1 Å². The standard InChI is InChI=1S/C13H17N3O6/c1-4-21-8-14-11-9(6-10(17)13(18)22-5-2)7-16(19)15-12(11)20-3/h6-8,17H,4-5H2,1-3H3. The first-order chi connectivity index (χ1) is 10.5. The lowest BCUT2D eigenvalue weighted by molar-refractivity contribution is -0.669. The highest BCUT2D eigenvalue weighted by molar-refractivity contribution is 5.92. The van der Waals surface area contributed by atoms with Crippen LogP contribution in [0.15, 0.2) is 16.9 Å². The molecule has 0 atom stereocenters. The Morgan fingerprint density at radius 2 is 2.23 bits per heavy atom. The first kappa shape index (κ1) is 17.2. The monoisotopic (exact) mass is 311 g/mol. The van der Waals surface area contributed by atoms with E-state index in [1.807, 2.05) is 0 Å². The van der Waals surface area contributed by atoms with Crippen LogP contribution >= 0.6 is 0 Å². The fourth-order valence-electron chi connectivity index (χ4n) is 1.42. The molecule has 0 spiro atoms. The fraction of sp³-hybridized carbons (Fsp3) is 0.385. The minimum absolute atomic E-state index is 0.0867. The van der Waals surface area contributed by atoms with E-state index in [4.69, 9.17) is 9.47 Å². The number of esters is 1. The first-order valence-corrected chi connectivity index (χ1v) is 6.43. The van der Waals surface area contributed by atoms with Gasteiger partial charge in [-0.05, 0) is 13.8 Å². The van der Waals surface area contributed by atoms with Crippen molar-refractivity contribution < 1.29 is 29.0 Å². The summed E-state index contributed by atoms with van der Waals surface area (Å²) < 4.78 is 14.6.